The molecule has 2 N–H and O–H groups in total. The van der Waals surface area contributed by atoms with Gasteiger partial charge in [-0.2, -0.15) is 0 Å². The second-order valence-corrected chi connectivity index (χ2v) is 4.40. The Balaban J connectivity index is 2.17. The number of ether oxygens (including phenoxy) is 1. The Bertz CT molecular complexity index is 308. The van der Waals surface area contributed by atoms with Gasteiger partial charge in [-0.25, -0.2) is 0 Å². The van der Waals surface area contributed by atoms with E-state index in [1.807, 2.05) is 19.2 Å². The first-order valence-corrected chi connectivity index (χ1v) is 6.17. The summed E-state index contributed by atoms with van der Waals surface area (Å²) in [5.41, 5.74) is 1.20. The molecule has 1 rings (SSSR count). The maximum absolute atomic E-state index is 9.84. The van der Waals surface area contributed by atoms with Crippen molar-refractivity contribution < 1.29 is 9.84 Å². The Morgan fingerprint density at radius 2 is 2.17 bits per heavy atom. The number of aliphatic hydroxyl groups excluding tert-OH is 1. The molecule has 0 aliphatic rings. The van der Waals surface area contributed by atoms with E-state index < -0.39 is 0 Å². The van der Waals surface area contributed by atoms with E-state index in [2.05, 4.69) is 15.2 Å². The fourth-order valence-corrected chi connectivity index (χ4v) is 1.73. The smallest absolute Gasteiger partial charge is 0.0791 e. The lowest BCUT2D eigenvalue weighted by atomic mass is 10.2. The van der Waals surface area contributed by atoms with Crippen molar-refractivity contribution in [1.29, 1.82) is 0 Å². The van der Waals surface area contributed by atoms with Gasteiger partial charge in [-0.05, 0) is 24.7 Å². The summed E-state index contributed by atoms with van der Waals surface area (Å²) < 4.78 is 4.92. The molecule has 0 fully saturated rings. The highest BCUT2D eigenvalue weighted by Gasteiger charge is 2.08. The molecule has 0 amide bonds. The van der Waals surface area contributed by atoms with Crippen LogP contribution >= 0.6 is 0 Å². The molecule has 1 heterocycles. The molecular formula is C13H23N3O2. The number of hydrogen-bond acceptors (Lipinski definition) is 5. The summed E-state index contributed by atoms with van der Waals surface area (Å²) in [5, 5.41) is 13.0. The van der Waals surface area contributed by atoms with Crippen LogP contribution in [0.1, 0.15) is 5.56 Å². The lowest BCUT2D eigenvalue weighted by molar-refractivity contribution is 0.117. The summed E-state index contributed by atoms with van der Waals surface area (Å²) in [6.45, 7) is 3.48. The van der Waals surface area contributed by atoms with E-state index in [4.69, 9.17) is 4.74 Å². The molecule has 1 unspecified atom stereocenters. The largest absolute Gasteiger partial charge is 0.390 e. The Morgan fingerprint density at radius 3 is 2.83 bits per heavy atom. The Hall–Kier alpha value is -1.01. The lowest BCUT2D eigenvalue weighted by Gasteiger charge is -2.20. The highest BCUT2D eigenvalue weighted by atomic mass is 16.5. The maximum Gasteiger partial charge on any atom is 0.0791 e. The summed E-state index contributed by atoms with van der Waals surface area (Å²) in [4.78, 5) is 6.08. The van der Waals surface area contributed by atoms with Crippen LogP contribution in [0.3, 0.4) is 0 Å². The second-order valence-electron chi connectivity index (χ2n) is 4.40. The van der Waals surface area contributed by atoms with Gasteiger partial charge in [0.25, 0.3) is 0 Å². The van der Waals surface area contributed by atoms with E-state index >= 15 is 0 Å². The summed E-state index contributed by atoms with van der Waals surface area (Å²) in [6, 6.07) is 3.97. The minimum Gasteiger partial charge on any atom is -0.390 e. The van der Waals surface area contributed by atoms with Gasteiger partial charge >= 0.3 is 0 Å². The minimum absolute atomic E-state index is 0.367. The standard InChI is InChI=1S/C13H23N3O2/c1-16(10-12-3-5-14-6-4-12)11-13(17)9-15-7-8-18-2/h3-6,13,15,17H,7-11H2,1-2H3. The third-order valence-corrected chi connectivity index (χ3v) is 2.59. The number of aliphatic hydroxyl groups is 1. The van der Waals surface area contributed by atoms with Crippen molar-refractivity contribution in [2.75, 3.05) is 40.4 Å². The SMILES string of the molecule is COCCNCC(O)CN(C)Cc1ccncc1. The van der Waals surface area contributed by atoms with Crippen LogP contribution in [0.25, 0.3) is 0 Å². The molecule has 0 bridgehead atoms. The van der Waals surface area contributed by atoms with Gasteiger partial charge in [-0.3, -0.25) is 9.88 Å². The predicted molar refractivity (Wildman–Crippen MR) is 71.3 cm³/mol. The Morgan fingerprint density at radius 1 is 1.44 bits per heavy atom. The van der Waals surface area contributed by atoms with Gasteiger partial charge in [-0.1, -0.05) is 0 Å². The average molecular weight is 253 g/mol. The van der Waals surface area contributed by atoms with Crippen LogP contribution in [0.5, 0.6) is 0 Å². The zero-order valence-electron chi connectivity index (χ0n) is 11.2. The fourth-order valence-electron chi connectivity index (χ4n) is 1.73. The molecule has 0 spiro atoms. The highest BCUT2D eigenvalue weighted by Crippen LogP contribution is 2.01. The minimum atomic E-state index is -0.367. The second kappa shape index (κ2) is 8.99. The third kappa shape index (κ3) is 6.66. The quantitative estimate of drug-likeness (QED) is 0.612. The predicted octanol–water partition coefficient (Wildman–Crippen LogP) is 0.110. The van der Waals surface area contributed by atoms with Crippen LogP contribution in [0.4, 0.5) is 0 Å². The molecule has 0 saturated carbocycles. The molecule has 0 aliphatic heterocycles. The zero-order valence-corrected chi connectivity index (χ0v) is 11.2. The number of rotatable bonds is 9. The zero-order chi connectivity index (χ0) is 13.2. The van der Waals surface area contributed by atoms with E-state index in [9.17, 15) is 5.11 Å². The van der Waals surface area contributed by atoms with Crippen molar-refractivity contribution in [3.05, 3.63) is 30.1 Å². The number of likely N-dealkylation sites (N-methyl/N-ethyl adjacent to an activating group) is 1. The monoisotopic (exact) mass is 253 g/mol. The summed E-state index contributed by atoms with van der Waals surface area (Å²) in [7, 11) is 3.67. The molecule has 0 aromatic carbocycles. The van der Waals surface area contributed by atoms with Crippen molar-refractivity contribution in [3.8, 4) is 0 Å². The van der Waals surface area contributed by atoms with Crippen molar-refractivity contribution in [2.45, 2.75) is 12.6 Å². The van der Waals surface area contributed by atoms with Crippen LogP contribution in [-0.4, -0.2) is 61.5 Å². The normalized spacial score (nSPS) is 12.9. The molecule has 0 radical (unpaired) electrons. The number of hydrogen-bond donors (Lipinski definition) is 2. The van der Waals surface area contributed by atoms with E-state index in [-0.39, 0.29) is 6.10 Å². The number of nitrogens with one attached hydrogen (secondary N) is 1. The summed E-state index contributed by atoms with van der Waals surface area (Å²) in [6.07, 6.45) is 3.20. The highest BCUT2D eigenvalue weighted by molar-refractivity contribution is 5.09. The number of nitrogens with zero attached hydrogens (tertiary/aromatic N) is 2. The molecule has 1 aromatic rings. The third-order valence-electron chi connectivity index (χ3n) is 2.59. The van der Waals surface area contributed by atoms with Gasteiger partial charge < -0.3 is 15.2 Å². The average Bonchev–Trinajstić information content (AvgIpc) is 2.35. The summed E-state index contributed by atoms with van der Waals surface area (Å²) in [5.74, 6) is 0. The van der Waals surface area contributed by atoms with E-state index in [1.54, 1.807) is 19.5 Å². The van der Waals surface area contributed by atoms with Crippen molar-refractivity contribution in [3.63, 3.8) is 0 Å². The first kappa shape index (κ1) is 15.0. The molecule has 0 saturated heterocycles. The number of methoxy groups -OCH3 is 1. The van der Waals surface area contributed by atoms with Gasteiger partial charge in [0.1, 0.15) is 0 Å². The fraction of sp³-hybridized carbons (Fsp3) is 0.615. The van der Waals surface area contributed by atoms with Gasteiger partial charge in [0, 0.05) is 45.7 Å². The van der Waals surface area contributed by atoms with Crippen LogP contribution in [-0.2, 0) is 11.3 Å². The van der Waals surface area contributed by atoms with E-state index in [0.29, 0.717) is 19.7 Å². The number of pyridine rings is 1. The van der Waals surface area contributed by atoms with E-state index in [1.165, 1.54) is 5.56 Å². The molecule has 102 valence electrons. The van der Waals surface area contributed by atoms with Gasteiger partial charge in [0.15, 0.2) is 0 Å². The van der Waals surface area contributed by atoms with Crippen molar-refractivity contribution >= 4 is 0 Å². The first-order valence-electron chi connectivity index (χ1n) is 6.17. The Labute approximate surface area is 109 Å². The first-order chi connectivity index (χ1) is 8.72. The Kier molecular flexibility index (Phi) is 7.52. The molecule has 5 heteroatoms. The van der Waals surface area contributed by atoms with Crippen molar-refractivity contribution in [2.24, 2.45) is 0 Å². The topological polar surface area (TPSA) is 57.6 Å². The van der Waals surface area contributed by atoms with Crippen LogP contribution in [0.2, 0.25) is 0 Å². The molecule has 1 atom stereocenters. The van der Waals surface area contributed by atoms with Crippen molar-refractivity contribution in [1.82, 2.24) is 15.2 Å². The molecule has 0 aliphatic carbocycles. The van der Waals surface area contributed by atoms with Gasteiger partial charge in [0.05, 0.1) is 12.7 Å². The molecule has 1 aromatic heterocycles. The molecule has 18 heavy (non-hydrogen) atoms. The summed E-state index contributed by atoms with van der Waals surface area (Å²) >= 11 is 0. The van der Waals surface area contributed by atoms with E-state index in [0.717, 1.165) is 13.1 Å². The van der Waals surface area contributed by atoms with Crippen LogP contribution in [0, 0.1) is 0 Å². The molecular weight excluding hydrogens is 230 g/mol. The van der Waals surface area contributed by atoms with Gasteiger partial charge in [-0.15, -0.1) is 0 Å². The molecule has 5 nitrogen and oxygen atoms in total. The number of aromatic nitrogens is 1. The van der Waals surface area contributed by atoms with Crippen LogP contribution in [0.15, 0.2) is 24.5 Å². The van der Waals surface area contributed by atoms with Gasteiger partial charge in [0.2, 0.25) is 0 Å². The maximum atomic E-state index is 9.84. The lowest BCUT2D eigenvalue weighted by Crippen LogP contribution is -2.37. The van der Waals surface area contributed by atoms with Crippen LogP contribution < -0.4 is 5.32 Å².